The number of benzene rings is 1. The SMILES string of the molecule is COC1(C(=O)O)C(=C=O)Cc2cc(C3CCCCC3)c(Cl)cc21. The highest BCUT2D eigenvalue weighted by Crippen LogP contribution is 2.47. The summed E-state index contributed by atoms with van der Waals surface area (Å²) in [6.45, 7) is 0. The third-order valence-electron chi connectivity index (χ3n) is 5.17. The van der Waals surface area contributed by atoms with Crippen LogP contribution < -0.4 is 0 Å². The first-order valence-corrected chi connectivity index (χ1v) is 8.28. The molecule has 0 radical (unpaired) electrons. The molecule has 0 heterocycles. The fourth-order valence-corrected chi connectivity index (χ4v) is 4.31. The normalized spacial score (nSPS) is 24.3. The Morgan fingerprint density at radius 2 is 2.04 bits per heavy atom. The number of methoxy groups -OCH3 is 1. The molecule has 5 heteroatoms. The van der Waals surface area contributed by atoms with Gasteiger partial charge in [0.15, 0.2) is 0 Å². The minimum atomic E-state index is -1.76. The van der Waals surface area contributed by atoms with Gasteiger partial charge in [0, 0.05) is 24.1 Å². The average Bonchev–Trinajstić information content (AvgIpc) is 2.88. The van der Waals surface area contributed by atoms with E-state index in [1.54, 1.807) is 12.0 Å². The summed E-state index contributed by atoms with van der Waals surface area (Å²) >= 11 is 6.46. The van der Waals surface area contributed by atoms with Gasteiger partial charge in [-0.2, -0.15) is 0 Å². The molecule has 122 valence electrons. The molecule has 0 bridgehead atoms. The van der Waals surface area contributed by atoms with Crippen LogP contribution in [0.2, 0.25) is 5.02 Å². The fourth-order valence-electron chi connectivity index (χ4n) is 3.99. The second kappa shape index (κ2) is 6.12. The van der Waals surface area contributed by atoms with Crippen LogP contribution >= 0.6 is 11.6 Å². The second-order valence-corrected chi connectivity index (χ2v) is 6.72. The van der Waals surface area contributed by atoms with Crippen LogP contribution in [0.5, 0.6) is 0 Å². The molecule has 1 N–H and O–H groups in total. The number of ether oxygens (including phenoxy) is 1. The van der Waals surface area contributed by atoms with Crippen molar-refractivity contribution in [1.29, 1.82) is 0 Å². The van der Waals surface area contributed by atoms with Crippen LogP contribution in [0, 0.1) is 0 Å². The Morgan fingerprint density at radius 3 is 2.61 bits per heavy atom. The Kier molecular flexibility index (Phi) is 4.33. The van der Waals surface area contributed by atoms with Crippen LogP contribution in [0.25, 0.3) is 0 Å². The number of fused-ring (bicyclic) bond motifs is 1. The van der Waals surface area contributed by atoms with Crippen LogP contribution in [-0.4, -0.2) is 24.1 Å². The second-order valence-electron chi connectivity index (χ2n) is 6.31. The number of hydrogen-bond donors (Lipinski definition) is 1. The Balaban J connectivity index is 2.13. The maximum atomic E-state index is 11.8. The number of hydrogen-bond acceptors (Lipinski definition) is 3. The smallest absolute Gasteiger partial charge is 0.345 e. The molecule has 1 fully saturated rings. The predicted octanol–water partition coefficient (Wildman–Crippen LogP) is 3.63. The number of rotatable bonds is 3. The van der Waals surface area contributed by atoms with E-state index in [1.807, 2.05) is 6.07 Å². The summed E-state index contributed by atoms with van der Waals surface area (Å²) in [4.78, 5) is 23.1. The highest BCUT2D eigenvalue weighted by atomic mass is 35.5. The molecule has 1 unspecified atom stereocenters. The summed E-state index contributed by atoms with van der Waals surface area (Å²) in [5, 5.41) is 10.2. The maximum absolute atomic E-state index is 11.8. The largest absolute Gasteiger partial charge is 0.479 e. The average molecular weight is 335 g/mol. The van der Waals surface area contributed by atoms with Gasteiger partial charge in [-0.15, -0.1) is 0 Å². The van der Waals surface area contributed by atoms with Gasteiger partial charge in [0.25, 0.3) is 0 Å². The molecule has 0 amide bonds. The van der Waals surface area contributed by atoms with E-state index in [0.29, 0.717) is 16.5 Å². The number of carbonyl (C=O) groups is 1. The van der Waals surface area contributed by atoms with Crippen LogP contribution in [0.15, 0.2) is 17.7 Å². The molecule has 2 aliphatic rings. The number of carboxylic acid groups (broad SMARTS) is 1. The van der Waals surface area contributed by atoms with Crippen molar-refractivity contribution in [2.24, 2.45) is 0 Å². The molecule has 2 aliphatic carbocycles. The van der Waals surface area contributed by atoms with E-state index in [0.717, 1.165) is 24.0 Å². The Hall–Kier alpha value is -1.61. The molecule has 23 heavy (non-hydrogen) atoms. The van der Waals surface area contributed by atoms with Crippen molar-refractivity contribution >= 4 is 23.5 Å². The van der Waals surface area contributed by atoms with Crippen molar-refractivity contribution in [3.63, 3.8) is 0 Å². The molecule has 1 aromatic carbocycles. The third kappa shape index (κ3) is 2.42. The zero-order valence-electron chi connectivity index (χ0n) is 13.0. The zero-order valence-corrected chi connectivity index (χ0v) is 13.8. The summed E-state index contributed by atoms with van der Waals surface area (Å²) in [5.41, 5.74) is 0.659. The fraction of sp³-hybridized carbons (Fsp3) is 0.500. The first kappa shape index (κ1) is 16.3. The van der Waals surface area contributed by atoms with Gasteiger partial charge in [0.05, 0.1) is 5.57 Å². The van der Waals surface area contributed by atoms with Crippen molar-refractivity contribution in [1.82, 2.24) is 0 Å². The Bertz CT molecular complexity index is 699. The molecule has 4 nitrogen and oxygen atoms in total. The van der Waals surface area contributed by atoms with Crippen LogP contribution in [0.4, 0.5) is 0 Å². The Morgan fingerprint density at radius 1 is 1.35 bits per heavy atom. The van der Waals surface area contributed by atoms with Crippen molar-refractivity contribution < 1.29 is 19.4 Å². The van der Waals surface area contributed by atoms with Gasteiger partial charge in [-0.3, -0.25) is 0 Å². The lowest BCUT2D eigenvalue weighted by Crippen LogP contribution is -2.37. The maximum Gasteiger partial charge on any atom is 0.345 e. The molecular formula is C18H19ClO4. The van der Waals surface area contributed by atoms with E-state index in [9.17, 15) is 14.7 Å². The van der Waals surface area contributed by atoms with E-state index in [1.165, 1.54) is 26.4 Å². The lowest BCUT2D eigenvalue weighted by Gasteiger charge is -2.26. The van der Waals surface area contributed by atoms with E-state index in [2.05, 4.69) is 0 Å². The van der Waals surface area contributed by atoms with Crippen LogP contribution in [0.3, 0.4) is 0 Å². The quantitative estimate of drug-likeness (QED) is 0.857. The molecule has 1 aromatic rings. The van der Waals surface area contributed by atoms with E-state index in [-0.39, 0.29) is 12.0 Å². The summed E-state index contributed by atoms with van der Waals surface area (Å²) in [5.74, 6) is 0.970. The number of aliphatic carboxylic acids is 1. The monoisotopic (exact) mass is 334 g/mol. The highest BCUT2D eigenvalue weighted by molar-refractivity contribution is 6.31. The van der Waals surface area contributed by atoms with Crippen molar-refractivity contribution in [2.75, 3.05) is 7.11 Å². The van der Waals surface area contributed by atoms with Crippen molar-refractivity contribution in [2.45, 2.75) is 50.0 Å². The molecule has 1 atom stereocenters. The van der Waals surface area contributed by atoms with Gasteiger partial charge >= 0.3 is 5.97 Å². The summed E-state index contributed by atoms with van der Waals surface area (Å²) in [7, 11) is 1.30. The van der Waals surface area contributed by atoms with Crippen LogP contribution in [0.1, 0.15) is 54.7 Å². The van der Waals surface area contributed by atoms with E-state index < -0.39 is 11.6 Å². The number of carbonyl (C=O) groups excluding carboxylic acids is 1. The first-order chi connectivity index (χ1) is 11.0. The molecule has 3 rings (SSSR count). The van der Waals surface area contributed by atoms with Gasteiger partial charge in [0.1, 0.15) is 5.94 Å². The summed E-state index contributed by atoms with van der Waals surface area (Å²) < 4.78 is 5.27. The topological polar surface area (TPSA) is 63.6 Å². The summed E-state index contributed by atoms with van der Waals surface area (Å²) in [6, 6.07) is 3.64. The lowest BCUT2D eigenvalue weighted by molar-refractivity contribution is -0.158. The molecular weight excluding hydrogens is 316 g/mol. The number of carboxylic acids is 1. The standard InChI is InChI=1S/C18H19ClO4/c1-23-18(17(21)22)13(10-20)7-12-8-14(16(19)9-15(12)18)11-5-3-2-4-6-11/h8-9,11H,2-7H2,1H3,(H,21,22). The summed E-state index contributed by atoms with van der Waals surface area (Å²) in [6.07, 6.45) is 6.08. The minimum absolute atomic E-state index is 0.0966. The van der Waals surface area contributed by atoms with Gasteiger partial charge in [-0.1, -0.05) is 36.9 Å². The first-order valence-electron chi connectivity index (χ1n) is 7.90. The molecule has 0 aromatic heterocycles. The van der Waals surface area contributed by atoms with Gasteiger partial charge in [-0.05, 0) is 36.0 Å². The molecule has 1 saturated carbocycles. The van der Waals surface area contributed by atoms with Gasteiger partial charge in [-0.25, -0.2) is 9.59 Å². The molecule has 0 saturated heterocycles. The minimum Gasteiger partial charge on any atom is -0.479 e. The van der Waals surface area contributed by atoms with Gasteiger partial charge < -0.3 is 9.84 Å². The third-order valence-corrected chi connectivity index (χ3v) is 5.50. The Labute approximate surface area is 140 Å². The number of halogens is 1. The van der Waals surface area contributed by atoms with E-state index >= 15 is 0 Å². The predicted molar refractivity (Wildman–Crippen MR) is 86.5 cm³/mol. The lowest BCUT2D eigenvalue weighted by atomic mass is 9.82. The van der Waals surface area contributed by atoms with E-state index in [4.69, 9.17) is 16.3 Å². The van der Waals surface area contributed by atoms with Crippen LogP contribution in [-0.2, 0) is 26.3 Å². The van der Waals surface area contributed by atoms with Crippen molar-refractivity contribution in [3.05, 3.63) is 39.4 Å². The van der Waals surface area contributed by atoms with Crippen molar-refractivity contribution in [3.8, 4) is 0 Å². The van der Waals surface area contributed by atoms with Gasteiger partial charge in [0.2, 0.25) is 5.60 Å². The highest BCUT2D eigenvalue weighted by Gasteiger charge is 2.51. The zero-order chi connectivity index (χ0) is 16.6. The molecule has 0 aliphatic heterocycles. The molecule has 0 spiro atoms.